The van der Waals surface area contributed by atoms with E-state index in [1.807, 2.05) is 26.0 Å². The maximum absolute atomic E-state index is 11.1. The number of rotatable bonds is 4. The van der Waals surface area contributed by atoms with Crippen LogP contribution in [0.2, 0.25) is 0 Å². The number of carbonyl (C=O) groups excluding carboxylic acids is 2. The van der Waals surface area contributed by atoms with E-state index in [4.69, 9.17) is 10.9 Å². The number of aryl methyl sites for hydroxylation is 1. The Morgan fingerprint density at radius 2 is 1.58 bits per heavy atom. The number of hydrogen-bond acceptors (Lipinski definition) is 5. The zero-order valence-electron chi connectivity index (χ0n) is 11.6. The van der Waals surface area contributed by atoms with Gasteiger partial charge < -0.3 is 0 Å². The number of carbonyl (C=O) groups is 2. The molecular weight excluding hydrogens is 363 g/mol. The fraction of sp³-hybridized carbons (Fsp3) is 0.385. The van der Waals surface area contributed by atoms with E-state index >= 15 is 0 Å². The number of halogens is 1. The van der Waals surface area contributed by atoms with E-state index in [0.29, 0.717) is 0 Å². The summed E-state index contributed by atoms with van der Waals surface area (Å²) in [6.07, 6.45) is 0. The van der Waals surface area contributed by atoms with Crippen LogP contribution in [0.3, 0.4) is 0 Å². The second-order valence-electron chi connectivity index (χ2n) is 3.88. The summed E-state index contributed by atoms with van der Waals surface area (Å²) in [5, 5.41) is 0. The van der Waals surface area contributed by atoms with Gasteiger partial charge in [-0.1, -0.05) is 0 Å². The Morgan fingerprint density at radius 1 is 1.05 bits per heavy atom. The van der Waals surface area contributed by atoms with Gasteiger partial charge in [0.05, 0.1) is 0 Å². The first-order chi connectivity index (χ1) is 8.86. The molecule has 0 N–H and O–H groups in total. The summed E-state index contributed by atoms with van der Waals surface area (Å²) in [6.45, 7) is 6.38. The van der Waals surface area contributed by atoms with Crippen LogP contribution in [-0.2, 0) is 15.7 Å². The first kappa shape index (κ1) is 15.7. The summed E-state index contributed by atoms with van der Waals surface area (Å²) in [5.41, 5.74) is 1.82. The SMILES string of the molecule is COc1c(C)ccc(I(OC(C)=O)OC(C)=O)c1C. The van der Waals surface area contributed by atoms with Crippen LogP contribution in [0, 0.1) is 17.4 Å². The first-order valence-electron chi connectivity index (χ1n) is 5.59. The van der Waals surface area contributed by atoms with Gasteiger partial charge in [0.15, 0.2) is 0 Å². The Kier molecular flexibility index (Phi) is 5.59. The van der Waals surface area contributed by atoms with Crippen LogP contribution in [0.5, 0.6) is 5.75 Å². The molecule has 6 heteroatoms. The van der Waals surface area contributed by atoms with E-state index < -0.39 is 32.6 Å². The number of methoxy groups -OCH3 is 1. The molecule has 0 aliphatic rings. The molecule has 0 aromatic heterocycles. The van der Waals surface area contributed by atoms with Crippen LogP contribution in [0.25, 0.3) is 0 Å². The van der Waals surface area contributed by atoms with Gasteiger partial charge in [-0.3, -0.25) is 0 Å². The summed E-state index contributed by atoms with van der Waals surface area (Å²) in [4.78, 5) is 22.3. The van der Waals surface area contributed by atoms with Crippen molar-refractivity contribution >= 4 is 32.6 Å². The number of benzene rings is 1. The fourth-order valence-electron chi connectivity index (χ4n) is 1.58. The molecule has 0 amide bonds. The van der Waals surface area contributed by atoms with Gasteiger partial charge in [0.25, 0.3) is 0 Å². The summed E-state index contributed by atoms with van der Waals surface area (Å²) >= 11 is -2.79. The van der Waals surface area contributed by atoms with Crippen molar-refractivity contribution in [3.63, 3.8) is 0 Å². The molecule has 0 bridgehead atoms. The Hall–Kier alpha value is -1.31. The molecule has 1 aromatic carbocycles. The molecule has 106 valence electrons. The predicted molar refractivity (Wildman–Crippen MR) is 78.7 cm³/mol. The van der Waals surface area contributed by atoms with Gasteiger partial charge in [0.2, 0.25) is 0 Å². The third-order valence-corrected chi connectivity index (χ3v) is 6.42. The molecule has 0 saturated carbocycles. The van der Waals surface area contributed by atoms with Crippen LogP contribution >= 0.6 is 20.6 Å². The van der Waals surface area contributed by atoms with Crippen LogP contribution < -0.4 is 4.74 Å². The molecule has 0 atom stereocenters. The molecule has 5 nitrogen and oxygen atoms in total. The van der Waals surface area contributed by atoms with Crippen molar-refractivity contribution < 1.29 is 20.5 Å². The Balaban J connectivity index is 3.21. The molecular formula is C13H17IO5. The van der Waals surface area contributed by atoms with E-state index in [2.05, 4.69) is 0 Å². The quantitative estimate of drug-likeness (QED) is 0.752. The Labute approximate surface area is 120 Å². The normalized spacial score (nSPS) is 10.7. The van der Waals surface area contributed by atoms with Crippen molar-refractivity contribution in [1.82, 2.24) is 0 Å². The van der Waals surface area contributed by atoms with Crippen molar-refractivity contribution in [3.8, 4) is 5.75 Å². The molecule has 1 rings (SSSR count). The van der Waals surface area contributed by atoms with Crippen molar-refractivity contribution in [3.05, 3.63) is 26.8 Å². The van der Waals surface area contributed by atoms with E-state index in [1.165, 1.54) is 13.8 Å². The fourth-order valence-corrected chi connectivity index (χ4v) is 4.65. The third-order valence-electron chi connectivity index (χ3n) is 2.26. The van der Waals surface area contributed by atoms with Gasteiger partial charge in [-0.25, -0.2) is 0 Å². The molecule has 19 heavy (non-hydrogen) atoms. The molecule has 0 aliphatic heterocycles. The van der Waals surface area contributed by atoms with E-state index in [9.17, 15) is 9.59 Å². The summed E-state index contributed by atoms with van der Waals surface area (Å²) in [6, 6.07) is 3.68. The Bertz CT molecular complexity index is 482. The molecule has 0 saturated heterocycles. The third kappa shape index (κ3) is 4.09. The molecule has 0 heterocycles. The summed E-state index contributed by atoms with van der Waals surface area (Å²) < 4.78 is 16.4. The van der Waals surface area contributed by atoms with E-state index in [-0.39, 0.29) is 0 Å². The topological polar surface area (TPSA) is 61.8 Å². The maximum atomic E-state index is 11.1. The minimum atomic E-state index is -2.79. The minimum absolute atomic E-state index is 0.453. The molecule has 0 spiro atoms. The van der Waals surface area contributed by atoms with Crippen molar-refractivity contribution in [2.24, 2.45) is 0 Å². The van der Waals surface area contributed by atoms with Gasteiger partial charge in [0.1, 0.15) is 0 Å². The zero-order valence-corrected chi connectivity index (χ0v) is 13.7. The average molecular weight is 380 g/mol. The number of ether oxygens (including phenoxy) is 1. The molecule has 1 aromatic rings. The van der Waals surface area contributed by atoms with Crippen LogP contribution in [0.1, 0.15) is 25.0 Å². The van der Waals surface area contributed by atoms with Gasteiger partial charge in [0, 0.05) is 0 Å². The molecule has 0 unspecified atom stereocenters. The molecule has 0 fully saturated rings. The summed E-state index contributed by atoms with van der Waals surface area (Å²) in [7, 11) is 1.58. The zero-order chi connectivity index (χ0) is 14.6. The van der Waals surface area contributed by atoms with Crippen LogP contribution in [-0.4, -0.2) is 19.0 Å². The Morgan fingerprint density at radius 3 is 2.00 bits per heavy atom. The predicted octanol–water partition coefficient (Wildman–Crippen LogP) is 2.94. The monoisotopic (exact) mass is 380 g/mol. The molecule has 0 radical (unpaired) electrons. The molecule has 0 aliphatic carbocycles. The van der Waals surface area contributed by atoms with Gasteiger partial charge in [-0.15, -0.1) is 0 Å². The average Bonchev–Trinajstić information content (AvgIpc) is 2.27. The van der Waals surface area contributed by atoms with E-state index in [1.54, 1.807) is 7.11 Å². The van der Waals surface area contributed by atoms with Crippen molar-refractivity contribution in [2.75, 3.05) is 7.11 Å². The van der Waals surface area contributed by atoms with Crippen molar-refractivity contribution in [1.29, 1.82) is 0 Å². The van der Waals surface area contributed by atoms with Crippen LogP contribution in [0.15, 0.2) is 12.1 Å². The van der Waals surface area contributed by atoms with Crippen LogP contribution in [0.4, 0.5) is 0 Å². The van der Waals surface area contributed by atoms with Gasteiger partial charge in [-0.2, -0.15) is 0 Å². The summed E-state index contributed by atoms with van der Waals surface area (Å²) in [5.74, 6) is -0.185. The van der Waals surface area contributed by atoms with Gasteiger partial charge in [-0.05, 0) is 0 Å². The standard InChI is InChI=1S/C13H17IO5/c1-8-6-7-12(9(2)13(8)17-5)14(18-10(3)15)19-11(4)16/h6-7H,1-5H3. The second-order valence-corrected chi connectivity index (χ2v) is 7.16. The first-order valence-corrected chi connectivity index (χ1v) is 8.43. The second kappa shape index (κ2) is 6.74. The van der Waals surface area contributed by atoms with Crippen molar-refractivity contribution in [2.45, 2.75) is 27.7 Å². The van der Waals surface area contributed by atoms with E-state index in [0.717, 1.165) is 20.4 Å². The van der Waals surface area contributed by atoms with Gasteiger partial charge >= 0.3 is 120 Å². The number of hydrogen-bond donors (Lipinski definition) is 0.